The van der Waals surface area contributed by atoms with E-state index in [9.17, 15) is 9.90 Å². The summed E-state index contributed by atoms with van der Waals surface area (Å²) in [5.74, 6) is -0.869. The molecule has 0 aliphatic carbocycles. The van der Waals surface area contributed by atoms with Gasteiger partial charge in [-0.1, -0.05) is 29.8 Å². The van der Waals surface area contributed by atoms with E-state index in [0.29, 0.717) is 5.56 Å². The molecule has 0 bridgehead atoms. The Kier molecular flexibility index (Phi) is 3.17. The summed E-state index contributed by atoms with van der Waals surface area (Å²) >= 11 is 3.31. The van der Waals surface area contributed by atoms with Crippen LogP contribution in [0.3, 0.4) is 0 Å². The van der Waals surface area contributed by atoms with Gasteiger partial charge in [-0.25, -0.2) is 4.79 Å². The van der Waals surface area contributed by atoms with Crippen molar-refractivity contribution >= 4 is 27.6 Å². The highest BCUT2D eigenvalue weighted by Crippen LogP contribution is 2.34. The SMILES string of the molecule is CC1(C)CCN(c2ccc(Br)cc2C(=O)O)C1. The van der Waals surface area contributed by atoms with Crippen molar-refractivity contribution in [1.29, 1.82) is 0 Å². The van der Waals surface area contributed by atoms with E-state index in [0.717, 1.165) is 29.7 Å². The lowest BCUT2D eigenvalue weighted by molar-refractivity contribution is 0.0697. The Morgan fingerprint density at radius 1 is 1.47 bits per heavy atom. The summed E-state index contributed by atoms with van der Waals surface area (Å²) in [6, 6.07) is 5.45. The third-order valence-electron chi connectivity index (χ3n) is 3.21. The van der Waals surface area contributed by atoms with Crippen LogP contribution in [0.1, 0.15) is 30.6 Å². The van der Waals surface area contributed by atoms with Crippen LogP contribution >= 0.6 is 15.9 Å². The highest BCUT2D eigenvalue weighted by molar-refractivity contribution is 9.10. The van der Waals surface area contributed by atoms with E-state index in [4.69, 9.17) is 0 Å². The van der Waals surface area contributed by atoms with Crippen molar-refractivity contribution in [2.75, 3.05) is 18.0 Å². The van der Waals surface area contributed by atoms with Crippen molar-refractivity contribution in [3.05, 3.63) is 28.2 Å². The van der Waals surface area contributed by atoms with Gasteiger partial charge in [0, 0.05) is 17.6 Å². The molecule has 0 atom stereocenters. The standard InChI is InChI=1S/C13H16BrNO2/c1-13(2)5-6-15(8-13)11-4-3-9(14)7-10(11)12(16)17/h3-4,7H,5-6,8H2,1-2H3,(H,16,17). The molecule has 1 fully saturated rings. The minimum absolute atomic E-state index is 0.267. The van der Waals surface area contributed by atoms with Crippen LogP contribution in [-0.4, -0.2) is 24.2 Å². The Hall–Kier alpha value is -1.03. The Morgan fingerprint density at radius 3 is 2.71 bits per heavy atom. The lowest BCUT2D eigenvalue weighted by atomic mass is 9.93. The second kappa shape index (κ2) is 4.33. The molecule has 0 radical (unpaired) electrons. The van der Waals surface area contributed by atoms with Gasteiger partial charge < -0.3 is 10.0 Å². The molecule has 0 spiro atoms. The predicted octanol–water partition coefficient (Wildman–Crippen LogP) is 3.38. The number of carbonyl (C=O) groups is 1. The highest BCUT2D eigenvalue weighted by Gasteiger charge is 2.31. The third kappa shape index (κ3) is 2.63. The molecule has 1 aliphatic rings. The number of aromatic carboxylic acids is 1. The molecule has 4 heteroatoms. The van der Waals surface area contributed by atoms with Gasteiger partial charge in [-0.15, -0.1) is 0 Å². The molecule has 0 aromatic heterocycles. The summed E-state index contributed by atoms with van der Waals surface area (Å²) < 4.78 is 0.803. The molecule has 1 aromatic rings. The number of hydrogen-bond acceptors (Lipinski definition) is 2. The van der Waals surface area contributed by atoms with E-state index in [1.54, 1.807) is 6.07 Å². The smallest absolute Gasteiger partial charge is 0.337 e. The van der Waals surface area contributed by atoms with Crippen molar-refractivity contribution < 1.29 is 9.90 Å². The van der Waals surface area contributed by atoms with Gasteiger partial charge in [0.05, 0.1) is 11.3 Å². The monoisotopic (exact) mass is 297 g/mol. The second-order valence-electron chi connectivity index (χ2n) is 5.30. The maximum atomic E-state index is 11.2. The van der Waals surface area contributed by atoms with Gasteiger partial charge in [-0.3, -0.25) is 0 Å². The topological polar surface area (TPSA) is 40.5 Å². The molecule has 17 heavy (non-hydrogen) atoms. The molecule has 1 N–H and O–H groups in total. The Labute approximate surface area is 110 Å². The Bertz CT molecular complexity index is 457. The van der Waals surface area contributed by atoms with Gasteiger partial charge in [0.15, 0.2) is 0 Å². The van der Waals surface area contributed by atoms with E-state index >= 15 is 0 Å². The lowest BCUT2D eigenvalue weighted by Gasteiger charge is -2.23. The third-order valence-corrected chi connectivity index (χ3v) is 3.70. The van der Waals surface area contributed by atoms with Gasteiger partial charge in [-0.2, -0.15) is 0 Å². The van der Waals surface area contributed by atoms with Gasteiger partial charge >= 0.3 is 5.97 Å². The quantitative estimate of drug-likeness (QED) is 0.910. The van der Waals surface area contributed by atoms with Crippen molar-refractivity contribution in [2.45, 2.75) is 20.3 Å². The van der Waals surface area contributed by atoms with Crippen LogP contribution in [0.25, 0.3) is 0 Å². The molecule has 0 saturated carbocycles. The number of benzene rings is 1. The maximum absolute atomic E-state index is 11.2. The molecule has 0 amide bonds. The van der Waals surface area contributed by atoms with E-state index in [1.807, 2.05) is 12.1 Å². The van der Waals surface area contributed by atoms with Gasteiger partial charge in [0.2, 0.25) is 0 Å². The van der Waals surface area contributed by atoms with Gasteiger partial charge in [-0.05, 0) is 30.0 Å². The Balaban J connectivity index is 2.36. The molecule has 92 valence electrons. The first-order chi connectivity index (χ1) is 7.89. The molecule has 0 unspecified atom stereocenters. The van der Waals surface area contributed by atoms with Crippen molar-refractivity contribution in [3.63, 3.8) is 0 Å². The number of carboxylic acids is 1. The summed E-state index contributed by atoms with van der Waals surface area (Å²) in [5.41, 5.74) is 1.46. The number of rotatable bonds is 2. The molecular formula is C13H16BrNO2. The fourth-order valence-electron chi connectivity index (χ4n) is 2.27. The minimum Gasteiger partial charge on any atom is -0.478 e. The largest absolute Gasteiger partial charge is 0.478 e. The van der Waals surface area contributed by atoms with Crippen molar-refractivity contribution in [3.8, 4) is 0 Å². The normalized spacial score (nSPS) is 18.4. The summed E-state index contributed by atoms with van der Waals surface area (Å²) in [5, 5.41) is 9.23. The number of nitrogens with zero attached hydrogens (tertiary/aromatic N) is 1. The fourth-order valence-corrected chi connectivity index (χ4v) is 2.63. The first-order valence-electron chi connectivity index (χ1n) is 5.67. The molecule has 1 aromatic carbocycles. The van der Waals surface area contributed by atoms with E-state index in [2.05, 4.69) is 34.7 Å². The predicted molar refractivity (Wildman–Crippen MR) is 71.7 cm³/mol. The molecule has 1 heterocycles. The van der Waals surface area contributed by atoms with Crippen molar-refractivity contribution in [1.82, 2.24) is 0 Å². The van der Waals surface area contributed by atoms with Gasteiger partial charge in [0.25, 0.3) is 0 Å². The van der Waals surface area contributed by atoms with Crippen LogP contribution in [-0.2, 0) is 0 Å². The van der Waals surface area contributed by atoms with Crippen LogP contribution in [0.5, 0.6) is 0 Å². The lowest BCUT2D eigenvalue weighted by Crippen LogP contribution is -2.24. The highest BCUT2D eigenvalue weighted by atomic mass is 79.9. The van der Waals surface area contributed by atoms with Crippen LogP contribution in [0.4, 0.5) is 5.69 Å². The molecule has 3 nitrogen and oxygen atoms in total. The zero-order chi connectivity index (χ0) is 12.6. The van der Waals surface area contributed by atoms with E-state index < -0.39 is 5.97 Å². The number of carboxylic acid groups (broad SMARTS) is 1. The van der Waals surface area contributed by atoms with Crippen LogP contribution in [0, 0.1) is 5.41 Å². The maximum Gasteiger partial charge on any atom is 0.337 e. The van der Waals surface area contributed by atoms with Crippen molar-refractivity contribution in [2.24, 2.45) is 5.41 Å². The Morgan fingerprint density at radius 2 is 2.18 bits per heavy atom. The van der Waals surface area contributed by atoms with Gasteiger partial charge in [0.1, 0.15) is 0 Å². The summed E-state index contributed by atoms with van der Waals surface area (Å²) in [6.45, 7) is 6.27. The molecular weight excluding hydrogens is 282 g/mol. The average molecular weight is 298 g/mol. The minimum atomic E-state index is -0.869. The molecule has 1 aliphatic heterocycles. The van der Waals surface area contributed by atoms with Crippen LogP contribution < -0.4 is 4.90 Å². The summed E-state index contributed by atoms with van der Waals surface area (Å²) in [4.78, 5) is 13.4. The summed E-state index contributed by atoms with van der Waals surface area (Å²) in [6.07, 6.45) is 1.10. The zero-order valence-electron chi connectivity index (χ0n) is 10.0. The first kappa shape index (κ1) is 12.4. The zero-order valence-corrected chi connectivity index (χ0v) is 11.6. The first-order valence-corrected chi connectivity index (χ1v) is 6.46. The fraction of sp³-hybridized carbons (Fsp3) is 0.462. The summed E-state index contributed by atoms with van der Waals surface area (Å²) in [7, 11) is 0. The average Bonchev–Trinajstić information content (AvgIpc) is 2.58. The number of hydrogen-bond donors (Lipinski definition) is 1. The molecule has 2 rings (SSSR count). The van der Waals surface area contributed by atoms with E-state index in [-0.39, 0.29) is 5.41 Å². The number of anilines is 1. The number of halogens is 1. The molecule has 1 saturated heterocycles. The van der Waals surface area contributed by atoms with Crippen LogP contribution in [0.15, 0.2) is 22.7 Å². The second-order valence-corrected chi connectivity index (χ2v) is 6.22. The van der Waals surface area contributed by atoms with Crippen LogP contribution in [0.2, 0.25) is 0 Å². The van der Waals surface area contributed by atoms with E-state index in [1.165, 1.54) is 0 Å².